The Labute approximate surface area is 354 Å². The molecular weight excluding hydrogens is 741 g/mol. The molecule has 0 spiro atoms. The third-order valence-electron chi connectivity index (χ3n) is 16.0. The molecular formula is C51H74O8. The molecule has 5 rings (SSSR count). The van der Waals surface area contributed by atoms with Gasteiger partial charge in [0.2, 0.25) is 0 Å². The molecule has 8 nitrogen and oxygen atoms in total. The lowest BCUT2D eigenvalue weighted by atomic mass is 9.44. The van der Waals surface area contributed by atoms with E-state index in [0.717, 1.165) is 56.1 Å². The second kappa shape index (κ2) is 18.3. The van der Waals surface area contributed by atoms with E-state index in [2.05, 4.69) is 59.8 Å². The van der Waals surface area contributed by atoms with E-state index in [1.807, 2.05) is 19.9 Å². The molecule has 1 aromatic rings. The second-order valence-electron chi connectivity index (χ2n) is 20.2. The molecule has 59 heavy (non-hydrogen) atoms. The van der Waals surface area contributed by atoms with Crippen molar-refractivity contribution in [1.29, 1.82) is 0 Å². The Bertz CT molecular complexity index is 1880. The summed E-state index contributed by atoms with van der Waals surface area (Å²) in [7, 11) is 0. The van der Waals surface area contributed by atoms with Crippen LogP contribution < -0.4 is 0 Å². The van der Waals surface area contributed by atoms with Crippen molar-refractivity contribution in [2.24, 2.45) is 39.4 Å². The summed E-state index contributed by atoms with van der Waals surface area (Å²) in [6.07, 6.45) is 19.4. The Morgan fingerprint density at radius 3 is 2.34 bits per heavy atom. The van der Waals surface area contributed by atoms with Crippen molar-refractivity contribution in [1.82, 2.24) is 0 Å². The Balaban J connectivity index is 1.32. The quantitative estimate of drug-likeness (QED) is 0.0453. The molecule has 0 bridgehead atoms. The number of phenols is 2. The number of ketones is 1. The van der Waals surface area contributed by atoms with Crippen LogP contribution in [0.2, 0.25) is 0 Å². The number of fused-ring (bicyclic) bond motifs is 5. The lowest BCUT2D eigenvalue weighted by molar-refractivity contribution is -0.165. The van der Waals surface area contributed by atoms with Crippen molar-refractivity contribution in [3.8, 4) is 11.5 Å². The first-order valence-corrected chi connectivity index (χ1v) is 22.3. The summed E-state index contributed by atoms with van der Waals surface area (Å²) in [5.74, 6) is 0.813. The van der Waals surface area contributed by atoms with Crippen LogP contribution in [0.5, 0.6) is 11.5 Å². The summed E-state index contributed by atoms with van der Waals surface area (Å²) in [6.45, 7) is 18.9. The zero-order valence-electron chi connectivity index (χ0n) is 37.5. The number of benzene rings is 1. The topological polar surface area (TPSA) is 145 Å². The van der Waals surface area contributed by atoms with Gasteiger partial charge in [-0.1, -0.05) is 83.1 Å². The van der Waals surface area contributed by atoms with Gasteiger partial charge in [-0.05, 0) is 161 Å². The van der Waals surface area contributed by atoms with Crippen molar-refractivity contribution in [2.75, 3.05) is 13.2 Å². The molecule has 0 aromatic heterocycles. The van der Waals surface area contributed by atoms with E-state index >= 15 is 0 Å². The first-order chi connectivity index (χ1) is 27.6. The van der Waals surface area contributed by atoms with Gasteiger partial charge >= 0.3 is 5.97 Å². The molecule has 0 heterocycles. The summed E-state index contributed by atoms with van der Waals surface area (Å²) in [5.41, 5.74) is 3.95. The van der Waals surface area contributed by atoms with Crippen LogP contribution in [0.3, 0.4) is 0 Å². The van der Waals surface area contributed by atoms with Gasteiger partial charge in [0, 0.05) is 23.0 Å². The monoisotopic (exact) mass is 815 g/mol. The van der Waals surface area contributed by atoms with Gasteiger partial charge in [-0.25, -0.2) is 4.79 Å². The summed E-state index contributed by atoms with van der Waals surface area (Å²) in [4.78, 5) is 27.1. The maximum atomic E-state index is 14.1. The average molecular weight is 815 g/mol. The van der Waals surface area contributed by atoms with Gasteiger partial charge in [0.25, 0.3) is 0 Å². The number of esters is 1. The van der Waals surface area contributed by atoms with E-state index in [-0.39, 0.29) is 52.1 Å². The average Bonchev–Trinajstić information content (AvgIpc) is 3.47. The number of aliphatic hydroxyl groups excluding tert-OH is 2. The van der Waals surface area contributed by atoms with Crippen LogP contribution in [0, 0.1) is 39.4 Å². The van der Waals surface area contributed by atoms with Crippen LogP contribution in [0.25, 0.3) is 0 Å². The predicted molar refractivity (Wildman–Crippen MR) is 235 cm³/mol. The van der Waals surface area contributed by atoms with E-state index in [0.29, 0.717) is 60.9 Å². The Kier molecular flexibility index (Phi) is 14.4. The minimum absolute atomic E-state index is 0.00356. The number of ether oxygens (including phenoxy) is 1. The molecule has 4 aliphatic carbocycles. The fourth-order valence-electron chi connectivity index (χ4n) is 11.6. The van der Waals surface area contributed by atoms with E-state index in [1.165, 1.54) is 36.3 Å². The number of aliphatic hydroxyl groups is 3. The minimum atomic E-state index is -1.66. The van der Waals surface area contributed by atoms with Crippen LogP contribution in [0.15, 0.2) is 76.4 Å². The number of carbonyl (C=O) groups excluding carboxylic acids is 2. The molecule has 0 aliphatic heterocycles. The maximum absolute atomic E-state index is 14.1. The fraction of sp³-hybridized carbons (Fsp3) is 0.647. The highest BCUT2D eigenvalue weighted by Gasteiger charge is 2.63. The van der Waals surface area contributed by atoms with Gasteiger partial charge in [-0.15, -0.1) is 0 Å². The molecule has 4 aliphatic rings. The first-order valence-electron chi connectivity index (χ1n) is 22.3. The number of rotatable bonds is 17. The summed E-state index contributed by atoms with van der Waals surface area (Å²) in [5, 5.41) is 51.6. The van der Waals surface area contributed by atoms with Gasteiger partial charge in [0.1, 0.15) is 29.0 Å². The molecule has 5 N–H and O–H groups in total. The number of hydrogen-bond donors (Lipinski definition) is 5. The maximum Gasteiger partial charge on any atom is 0.334 e. The Morgan fingerprint density at radius 2 is 1.64 bits per heavy atom. The van der Waals surface area contributed by atoms with Gasteiger partial charge in [-0.2, -0.15) is 0 Å². The molecule has 2 saturated carbocycles. The highest BCUT2D eigenvalue weighted by molar-refractivity contribution is 5.88. The standard InChI is InChI=1S/C51H74O8/c1-33(12-10-14-34(2)31-52)13-11-15-36(17-18-37-30-38(54)19-21-42(37)55)46(57)59-45(51(9,58)32-53)23-16-35(3)39-24-28-50(8)41-20-22-43-47(4,5)44(56)26-27-48(43,6)40(41)25-29-49(39,50)7/h13-14,17,19-21,25,30,35,39,43,45,52-55,58H,10-12,15-16,18,22-24,26-29,31-32H2,1-9H3/b33-13?,34-14?,36-17-/t35-,39-,43+,45+,48-,49-,50+,51?/m1/s1. The number of allylic oxidation sites excluding steroid dienone is 8. The molecule has 1 aromatic carbocycles. The number of carbonyl (C=O) groups is 2. The van der Waals surface area contributed by atoms with Crippen LogP contribution >= 0.6 is 0 Å². The van der Waals surface area contributed by atoms with Crippen LogP contribution in [-0.2, 0) is 20.7 Å². The van der Waals surface area contributed by atoms with Crippen LogP contribution in [0.4, 0.5) is 0 Å². The van der Waals surface area contributed by atoms with Gasteiger partial charge in [-0.3, -0.25) is 4.79 Å². The van der Waals surface area contributed by atoms with Crippen molar-refractivity contribution in [3.63, 3.8) is 0 Å². The predicted octanol–water partition coefficient (Wildman–Crippen LogP) is 10.2. The summed E-state index contributed by atoms with van der Waals surface area (Å²) < 4.78 is 6.17. The zero-order chi connectivity index (χ0) is 43.6. The Hall–Kier alpha value is -3.46. The normalized spacial score (nSPS) is 30.3. The van der Waals surface area contributed by atoms with E-state index in [4.69, 9.17) is 4.74 Å². The van der Waals surface area contributed by atoms with Crippen LogP contribution in [0.1, 0.15) is 145 Å². The van der Waals surface area contributed by atoms with E-state index in [1.54, 1.807) is 6.08 Å². The van der Waals surface area contributed by atoms with E-state index in [9.17, 15) is 35.1 Å². The summed E-state index contributed by atoms with van der Waals surface area (Å²) >= 11 is 0. The first kappa shape index (κ1) is 46.6. The molecule has 0 radical (unpaired) electrons. The van der Waals surface area contributed by atoms with Crippen molar-refractivity contribution in [3.05, 3.63) is 82.0 Å². The van der Waals surface area contributed by atoms with Crippen molar-refractivity contribution < 1.29 is 39.9 Å². The van der Waals surface area contributed by atoms with Crippen molar-refractivity contribution >= 4 is 11.8 Å². The smallest absolute Gasteiger partial charge is 0.334 e. The molecule has 1 unspecified atom stereocenters. The highest BCUT2D eigenvalue weighted by Crippen LogP contribution is 2.71. The fourth-order valence-corrected chi connectivity index (χ4v) is 11.6. The van der Waals surface area contributed by atoms with Crippen LogP contribution in [-0.4, -0.2) is 62.2 Å². The van der Waals surface area contributed by atoms with Crippen molar-refractivity contribution in [2.45, 2.75) is 157 Å². The molecule has 326 valence electrons. The molecule has 8 atom stereocenters. The second-order valence-corrected chi connectivity index (χ2v) is 20.2. The molecule has 0 amide bonds. The highest BCUT2D eigenvalue weighted by atomic mass is 16.6. The third-order valence-corrected chi connectivity index (χ3v) is 16.0. The number of hydrogen-bond acceptors (Lipinski definition) is 8. The van der Waals surface area contributed by atoms with Gasteiger partial charge < -0.3 is 30.3 Å². The number of aromatic hydroxyl groups is 2. The molecule has 8 heteroatoms. The van der Waals surface area contributed by atoms with Gasteiger partial charge in [0.15, 0.2) is 0 Å². The van der Waals surface area contributed by atoms with E-state index < -0.39 is 24.3 Å². The lowest BCUT2D eigenvalue weighted by Crippen LogP contribution is -2.53. The third kappa shape index (κ3) is 9.40. The number of Topliss-reactive ketones (excluding diaryl/α,β-unsaturated/α-hetero) is 1. The molecule has 0 saturated heterocycles. The molecule has 2 fully saturated rings. The SMILES string of the molecule is CC(=CCCC(C)=CCC/C(=C/Cc1cc(O)ccc1O)C(=O)O[C@@H](CC[C@@H](C)[C@H]1CC[C@@]2(C)C3=CC[C@H]4C(C)(C)C(=O)CC[C@]4(C)C3=CC[C@]12C)C(C)(O)CO)CO. The van der Waals surface area contributed by atoms with Gasteiger partial charge in [0.05, 0.1) is 13.2 Å². The minimum Gasteiger partial charge on any atom is -0.508 e. The largest absolute Gasteiger partial charge is 0.508 e. The Morgan fingerprint density at radius 1 is 0.949 bits per heavy atom. The zero-order valence-corrected chi connectivity index (χ0v) is 37.5. The summed E-state index contributed by atoms with van der Waals surface area (Å²) in [6, 6.07) is 4.30. The lowest BCUT2D eigenvalue weighted by Gasteiger charge is -2.59. The number of phenolic OH excluding ortho intramolecular Hbond substituents is 2.